The molecule has 94 valence electrons. The zero-order chi connectivity index (χ0) is 13.3. The summed E-state index contributed by atoms with van der Waals surface area (Å²) in [5.41, 5.74) is 1.79. The number of hydrogen-bond acceptors (Lipinski definition) is 3. The molecule has 1 aromatic heterocycles. The van der Waals surface area contributed by atoms with E-state index in [2.05, 4.69) is 20.8 Å². The summed E-state index contributed by atoms with van der Waals surface area (Å²) in [4.78, 5) is 10.5. The molecule has 18 heavy (non-hydrogen) atoms. The van der Waals surface area contributed by atoms with Crippen molar-refractivity contribution < 1.29 is 9.34 Å². The van der Waals surface area contributed by atoms with E-state index in [9.17, 15) is 10.1 Å². The van der Waals surface area contributed by atoms with Gasteiger partial charge in [-0.25, -0.2) is 0 Å². The lowest BCUT2D eigenvalue weighted by atomic mass is 9.83. The molecule has 4 nitrogen and oxygen atoms in total. The Morgan fingerprint density at radius 1 is 1.22 bits per heavy atom. The quantitative estimate of drug-likeness (QED) is 0.589. The normalized spacial score (nSPS) is 11.5. The third-order valence-electron chi connectivity index (χ3n) is 2.81. The highest BCUT2D eigenvalue weighted by Gasteiger charge is 2.22. The van der Waals surface area contributed by atoms with E-state index in [4.69, 9.17) is 4.42 Å². The van der Waals surface area contributed by atoms with Crippen LogP contribution in [0.4, 0.5) is 5.69 Å². The molecule has 2 rings (SSSR count). The van der Waals surface area contributed by atoms with Crippen molar-refractivity contribution in [3.63, 3.8) is 0 Å². The van der Waals surface area contributed by atoms with E-state index in [0.29, 0.717) is 5.76 Å². The Morgan fingerprint density at radius 2 is 1.94 bits per heavy atom. The maximum Gasteiger partial charge on any atom is 0.270 e. The number of nitrogens with zero attached hydrogens (tertiary/aromatic N) is 1. The summed E-state index contributed by atoms with van der Waals surface area (Å²) in [5.74, 6) is 0.656. The zero-order valence-electron chi connectivity index (χ0n) is 10.6. The highest BCUT2D eigenvalue weighted by Crippen LogP contribution is 2.35. The van der Waals surface area contributed by atoms with Crippen LogP contribution in [0.25, 0.3) is 11.3 Å². The Labute approximate surface area is 105 Å². The minimum absolute atomic E-state index is 0.0781. The fourth-order valence-electron chi connectivity index (χ4n) is 1.94. The Morgan fingerprint density at radius 3 is 2.44 bits per heavy atom. The fourth-order valence-corrected chi connectivity index (χ4v) is 1.94. The molecule has 2 aromatic rings. The van der Waals surface area contributed by atoms with Crippen molar-refractivity contribution in [1.82, 2.24) is 0 Å². The van der Waals surface area contributed by atoms with Gasteiger partial charge in [0.1, 0.15) is 5.76 Å². The van der Waals surface area contributed by atoms with E-state index in [1.807, 2.05) is 6.07 Å². The van der Waals surface area contributed by atoms with Crippen LogP contribution in [0.3, 0.4) is 0 Å². The second-order valence-electron chi connectivity index (χ2n) is 5.21. The lowest BCUT2D eigenvalue weighted by Crippen LogP contribution is -2.12. The predicted octanol–water partition coefficient (Wildman–Crippen LogP) is 4.15. The molecule has 0 unspecified atom stereocenters. The molecule has 0 aliphatic rings. The number of nitro groups is 1. The second-order valence-corrected chi connectivity index (χ2v) is 5.21. The molecule has 1 heterocycles. The Kier molecular flexibility index (Phi) is 2.95. The molecule has 0 N–H and O–H groups in total. The lowest BCUT2D eigenvalue weighted by Gasteiger charge is -2.21. The van der Waals surface area contributed by atoms with Crippen LogP contribution in [0.1, 0.15) is 26.3 Å². The molecular formula is C14H15NO3. The number of benzene rings is 1. The average molecular weight is 245 g/mol. The topological polar surface area (TPSA) is 56.3 Å². The molecule has 0 atom stereocenters. The van der Waals surface area contributed by atoms with Crippen LogP contribution in [0.15, 0.2) is 41.0 Å². The van der Waals surface area contributed by atoms with Gasteiger partial charge in [-0.05, 0) is 23.1 Å². The highest BCUT2D eigenvalue weighted by atomic mass is 16.6. The van der Waals surface area contributed by atoms with Crippen molar-refractivity contribution in [2.45, 2.75) is 26.2 Å². The molecule has 0 aliphatic carbocycles. The highest BCUT2D eigenvalue weighted by molar-refractivity contribution is 5.67. The summed E-state index contributed by atoms with van der Waals surface area (Å²) in [6, 6.07) is 8.50. The van der Waals surface area contributed by atoms with Gasteiger partial charge in [-0.15, -0.1) is 0 Å². The third-order valence-corrected chi connectivity index (χ3v) is 2.81. The third kappa shape index (κ3) is 2.27. The van der Waals surface area contributed by atoms with E-state index < -0.39 is 4.92 Å². The summed E-state index contributed by atoms with van der Waals surface area (Å²) in [5, 5.41) is 10.9. The number of hydrogen-bond donors (Lipinski definition) is 0. The number of nitro benzene ring substituents is 1. The summed E-state index contributed by atoms with van der Waals surface area (Å²) in [7, 11) is 0. The van der Waals surface area contributed by atoms with E-state index in [1.54, 1.807) is 24.5 Å². The van der Waals surface area contributed by atoms with Gasteiger partial charge in [-0.3, -0.25) is 10.1 Å². The van der Waals surface area contributed by atoms with Crippen LogP contribution >= 0.6 is 0 Å². The number of furan rings is 1. The largest absolute Gasteiger partial charge is 0.464 e. The number of non-ortho nitro benzene ring substituents is 1. The van der Waals surface area contributed by atoms with Gasteiger partial charge in [0.25, 0.3) is 5.69 Å². The first-order valence-corrected chi connectivity index (χ1v) is 5.72. The van der Waals surface area contributed by atoms with Crippen molar-refractivity contribution in [3.05, 3.63) is 52.3 Å². The summed E-state index contributed by atoms with van der Waals surface area (Å²) >= 11 is 0. The van der Waals surface area contributed by atoms with Crippen LogP contribution in [0.2, 0.25) is 0 Å². The second kappa shape index (κ2) is 4.29. The van der Waals surface area contributed by atoms with Gasteiger partial charge in [0.2, 0.25) is 0 Å². The SMILES string of the molecule is CC(C)(C)c1ccc([N+](=O)[O-])cc1-c1ccco1. The van der Waals surface area contributed by atoms with Gasteiger partial charge in [-0.1, -0.05) is 26.8 Å². The standard InChI is InChI=1S/C14H15NO3/c1-14(2,3)12-7-6-10(15(16)17)9-11(12)13-5-4-8-18-13/h4-9H,1-3H3. The van der Waals surface area contributed by atoms with E-state index >= 15 is 0 Å². The molecule has 0 fully saturated rings. The van der Waals surface area contributed by atoms with Crippen molar-refractivity contribution in [3.8, 4) is 11.3 Å². The van der Waals surface area contributed by atoms with Gasteiger partial charge in [-0.2, -0.15) is 0 Å². The Balaban J connectivity index is 2.65. The first-order chi connectivity index (χ1) is 8.39. The van der Waals surface area contributed by atoms with Crippen LogP contribution in [-0.2, 0) is 5.41 Å². The molecule has 0 amide bonds. The minimum Gasteiger partial charge on any atom is -0.464 e. The molecule has 0 saturated carbocycles. The van der Waals surface area contributed by atoms with Crippen LogP contribution in [0.5, 0.6) is 0 Å². The first kappa shape index (κ1) is 12.4. The molecule has 0 saturated heterocycles. The monoisotopic (exact) mass is 245 g/mol. The Hall–Kier alpha value is -2.10. The fraction of sp³-hybridized carbons (Fsp3) is 0.286. The molecule has 4 heteroatoms. The molecule has 0 aliphatic heterocycles. The molecule has 0 radical (unpaired) electrons. The van der Waals surface area contributed by atoms with Crippen molar-refractivity contribution in [2.24, 2.45) is 0 Å². The van der Waals surface area contributed by atoms with Gasteiger partial charge in [0.05, 0.1) is 11.2 Å². The van der Waals surface area contributed by atoms with Crippen LogP contribution in [-0.4, -0.2) is 4.92 Å². The molecule has 0 spiro atoms. The van der Waals surface area contributed by atoms with Crippen LogP contribution in [0, 0.1) is 10.1 Å². The molecular weight excluding hydrogens is 230 g/mol. The average Bonchev–Trinajstić information content (AvgIpc) is 2.80. The van der Waals surface area contributed by atoms with Gasteiger partial charge in [0.15, 0.2) is 0 Å². The Bertz CT molecular complexity index is 565. The maximum atomic E-state index is 10.9. The molecule has 0 bridgehead atoms. The van der Waals surface area contributed by atoms with E-state index in [-0.39, 0.29) is 11.1 Å². The van der Waals surface area contributed by atoms with E-state index in [1.165, 1.54) is 6.07 Å². The van der Waals surface area contributed by atoms with Crippen molar-refractivity contribution >= 4 is 5.69 Å². The van der Waals surface area contributed by atoms with Gasteiger partial charge < -0.3 is 4.42 Å². The van der Waals surface area contributed by atoms with E-state index in [0.717, 1.165) is 11.1 Å². The minimum atomic E-state index is -0.390. The summed E-state index contributed by atoms with van der Waals surface area (Å²) in [6.07, 6.45) is 1.57. The van der Waals surface area contributed by atoms with Crippen molar-refractivity contribution in [1.29, 1.82) is 0 Å². The summed E-state index contributed by atoms with van der Waals surface area (Å²) in [6.45, 7) is 6.21. The zero-order valence-corrected chi connectivity index (χ0v) is 10.6. The van der Waals surface area contributed by atoms with Gasteiger partial charge in [0, 0.05) is 17.7 Å². The summed E-state index contributed by atoms with van der Waals surface area (Å²) < 4.78 is 5.37. The predicted molar refractivity (Wildman–Crippen MR) is 69.5 cm³/mol. The van der Waals surface area contributed by atoms with Crippen molar-refractivity contribution in [2.75, 3.05) is 0 Å². The molecule has 1 aromatic carbocycles. The van der Waals surface area contributed by atoms with Crippen LogP contribution < -0.4 is 0 Å². The van der Waals surface area contributed by atoms with Gasteiger partial charge >= 0.3 is 0 Å². The smallest absolute Gasteiger partial charge is 0.270 e. The lowest BCUT2D eigenvalue weighted by molar-refractivity contribution is -0.384. The maximum absolute atomic E-state index is 10.9. The number of rotatable bonds is 2. The first-order valence-electron chi connectivity index (χ1n) is 5.72.